The van der Waals surface area contributed by atoms with E-state index in [4.69, 9.17) is 4.74 Å². The largest absolute Gasteiger partial charge is 0.497 e. The minimum Gasteiger partial charge on any atom is -0.497 e. The maximum Gasteiger partial charge on any atom is 0.243 e. The van der Waals surface area contributed by atoms with Crippen LogP contribution in [0.4, 0.5) is 0 Å². The van der Waals surface area contributed by atoms with Crippen LogP contribution < -0.4 is 4.74 Å². The molecule has 1 aromatic rings. The van der Waals surface area contributed by atoms with Crippen LogP contribution in [0.3, 0.4) is 0 Å². The van der Waals surface area contributed by atoms with Crippen LogP contribution in [0, 0.1) is 19.8 Å². The molecule has 1 aliphatic heterocycles. The number of rotatable bonds is 4. The van der Waals surface area contributed by atoms with Gasteiger partial charge in [-0.2, -0.15) is 4.31 Å². The highest BCUT2D eigenvalue weighted by atomic mass is 32.2. The number of aryl methyl sites for hydroxylation is 2. The molecule has 0 aliphatic carbocycles. The van der Waals surface area contributed by atoms with Gasteiger partial charge < -0.3 is 9.84 Å². The Morgan fingerprint density at radius 1 is 1.33 bits per heavy atom. The molecule has 1 aromatic carbocycles. The summed E-state index contributed by atoms with van der Waals surface area (Å²) in [5.74, 6) is 0.697. The average molecular weight is 313 g/mol. The SMILES string of the molecule is COc1cc(C)c(S(=O)(=O)N2CCCC(CO)C2)c(C)c1. The van der Waals surface area contributed by atoms with Gasteiger partial charge in [-0.3, -0.25) is 0 Å². The zero-order valence-corrected chi connectivity index (χ0v) is 13.6. The fourth-order valence-electron chi connectivity index (χ4n) is 2.96. The molecular formula is C15H23NO4S. The summed E-state index contributed by atoms with van der Waals surface area (Å²) in [7, 11) is -1.96. The fraction of sp³-hybridized carbons (Fsp3) is 0.600. The monoisotopic (exact) mass is 313 g/mol. The quantitative estimate of drug-likeness (QED) is 0.919. The summed E-state index contributed by atoms with van der Waals surface area (Å²) in [6, 6.07) is 3.49. The first-order chi connectivity index (χ1) is 9.90. The van der Waals surface area contributed by atoms with Gasteiger partial charge in [-0.1, -0.05) is 0 Å². The molecule has 0 amide bonds. The molecule has 5 nitrogen and oxygen atoms in total. The molecule has 0 saturated carbocycles. The number of aliphatic hydroxyl groups excluding tert-OH is 1. The Labute approximate surface area is 126 Å². The summed E-state index contributed by atoms with van der Waals surface area (Å²) in [6.07, 6.45) is 1.67. The molecule has 21 heavy (non-hydrogen) atoms. The van der Waals surface area contributed by atoms with Crippen molar-refractivity contribution in [2.24, 2.45) is 5.92 Å². The van der Waals surface area contributed by atoms with Gasteiger partial charge in [0.15, 0.2) is 0 Å². The molecule has 1 aliphatic rings. The number of ether oxygens (including phenoxy) is 1. The van der Waals surface area contributed by atoms with E-state index < -0.39 is 10.0 Å². The van der Waals surface area contributed by atoms with Crippen molar-refractivity contribution in [3.05, 3.63) is 23.3 Å². The van der Waals surface area contributed by atoms with Crippen LogP contribution in [0.2, 0.25) is 0 Å². The number of piperidine rings is 1. The van der Waals surface area contributed by atoms with Gasteiger partial charge in [-0.05, 0) is 55.9 Å². The molecule has 0 spiro atoms. The summed E-state index contributed by atoms with van der Waals surface area (Å²) in [5.41, 5.74) is 1.39. The number of hydrogen-bond acceptors (Lipinski definition) is 4. The Bertz CT molecular complexity index is 589. The summed E-state index contributed by atoms with van der Waals surface area (Å²) in [4.78, 5) is 0.363. The van der Waals surface area contributed by atoms with Crippen molar-refractivity contribution in [2.45, 2.75) is 31.6 Å². The molecule has 2 rings (SSSR count). The van der Waals surface area contributed by atoms with Gasteiger partial charge >= 0.3 is 0 Å². The topological polar surface area (TPSA) is 66.8 Å². The molecule has 6 heteroatoms. The lowest BCUT2D eigenvalue weighted by atomic mass is 10.0. The van der Waals surface area contributed by atoms with E-state index in [1.54, 1.807) is 33.1 Å². The molecule has 118 valence electrons. The van der Waals surface area contributed by atoms with E-state index in [0.717, 1.165) is 12.8 Å². The second-order valence-corrected chi connectivity index (χ2v) is 7.52. The number of benzene rings is 1. The summed E-state index contributed by atoms with van der Waals surface area (Å²) in [6.45, 7) is 4.52. The maximum atomic E-state index is 12.9. The smallest absolute Gasteiger partial charge is 0.243 e. The van der Waals surface area contributed by atoms with Crippen molar-refractivity contribution in [3.63, 3.8) is 0 Å². The van der Waals surface area contributed by atoms with Crippen molar-refractivity contribution in [1.82, 2.24) is 4.31 Å². The molecule has 0 aromatic heterocycles. The van der Waals surface area contributed by atoms with E-state index in [1.807, 2.05) is 0 Å². The van der Waals surface area contributed by atoms with Gasteiger partial charge in [0.05, 0.1) is 12.0 Å². The third-order valence-corrected chi connectivity index (χ3v) is 6.18. The highest BCUT2D eigenvalue weighted by molar-refractivity contribution is 7.89. The lowest BCUT2D eigenvalue weighted by Crippen LogP contribution is -2.41. The second-order valence-electron chi connectivity index (χ2n) is 5.64. The summed E-state index contributed by atoms with van der Waals surface area (Å²) in [5, 5.41) is 9.28. The van der Waals surface area contributed by atoms with Gasteiger partial charge in [-0.25, -0.2) is 8.42 Å². The highest BCUT2D eigenvalue weighted by Crippen LogP contribution is 2.30. The molecule has 1 heterocycles. The van der Waals surface area contributed by atoms with E-state index in [9.17, 15) is 13.5 Å². The first-order valence-corrected chi connectivity index (χ1v) is 8.60. The number of hydrogen-bond donors (Lipinski definition) is 1. The van der Waals surface area contributed by atoms with E-state index in [1.165, 1.54) is 4.31 Å². The van der Waals surface area contributed by atoms with Crippen LogP contribution in [0.15, 0.2) is 17.0 Å². The molecule has 1 unspecified atom stereocenters. The molecule has 1 N–H and O–H groups in total. The Morgan fingerprint density at radius 2 is 1.95 bits per heavy atom. The molecule has 1 fully saturated rings. The third-order valence-electron chi connectivity index (χ3n) is 4.01. The normalized spacial score (nSPS) is 20.5. The molecule has 1 saturated heterocycles. The minimum absolute atomic E-state index is 0.0343. The predicted molar refractivity (Wildman–Crippen MR) is 81.0 cm³/mol. The first-order valence-electron chi connectivity index (χ1n) is 7.16. The number of aliphatic hydroxyl groups is 1. The molecule has 0 radical (unpaired) electrons. The molecule has 0 bridgehead atoms. The Kier molecular flexibility index (Phi) is 4.91. The molecule has 1 atom stereocenters. The number of sulfonamides is 1. The van der Waals surface area contributed by atoms with Gasteiger partial charge in [0, 0.05) is 19.7 Å². The zero-order valence-electron chi connectivity index (χ0n) is 12.8. The highest BCUT2D eigenvalue weighted by Gasteiger charge is 2.32. The van der Waals surface area contributed by atoms with Crippen LogP contribution in [0.1, 0.15) is 24.0 Å². The predicted octanol–water partition coefficient (Wildman–Crippen LogP) is 1.71. The lowest BCUT2D eigenvalue weighted by Gasteiger charge is -2.31. The first kappa shape index (κ1) is 16.3. The maximum absolute atomic E-state index is 12.9. The standard InChI is InChI=1S/C15H23NO4S/c1-11-7-14(20-3)8-12(2)15(11)21(18,19)16-6-4-5-13(9-16)10-17/h7-8,13,17H,4-6,9-10H2,1-3H3. The third kappa shape index (κ3) is 3.22. The van der Waals surface area contributed by atoms with Crippen molar-refractivity contribution in [2.75, 3.05) is 26.8 Å². The van der Waals surface area contributed by atoms with E-state index >= 15 is 0 Å². The summed E-state index contributed by atoms with van der Waals surface area (Å²) < 4.78 is 32.5. The van der Waals surface area contributed by atoms with E-state index in [2.05, 4.69) is 0 Å². The van der Waals surface area contributed by atoms with E-state index in [-0.39, 0.29) is 12.5 Å². The molecular weight excluding hydrogens is 290 g/mol. The van der Waals surface area contributed by atoms with Crippen LogP contribution in [0.25, 0.3) is 0 Å². The van der Waals surface area contributed by atoms with E-state index in [0.29, 0.717) is 34.9 Å². The average Bonchev–Trinajstić information content (AvgIpc) is 2.46. The lowest BCUT2D eigenvalue weighted by molar-refractivity contribution is 0.165. The van der Waals surface area contributed by atoms with Crippen LogP contribution in [-0.4, -0.2) is 44.6 Å². The van der Waals surface area contributed by atoms with Crippen LogP contribution in [-0.2, 0) is 10.0 Å². The van der Waals surface area contributed by atoms with Gasteiger partial charge in [0.1, 0.15) is 5.75 Å². The van der Waals surface area contributed by atoms with Crippen molar-refractivity contribution >= 4 is 10.0 Å². The fourth-order valence-corrected chi connectivity index (χ4v) is 4.92. The van der Waals surface area contributed by atoms with Crippen molar-refractivity contribution in [3.8, 4) is 5.75 Å². The van der Waals surface area contributed by atoms with Gasteiger partial charge in [0.2, 0.25) is 10.0 Å². The van der Waals surface area contributed by atoms with Crippen molar-refractivity contribution < 1.29 is 18.3 Å². The summed E-state index contributed by atoms with van der Waals surface area (Å²) >= 11 is 0. The number of methoxy groups -OCH3 is 1. The van der Waals surface area contributed by atoms with Gasteiger partial charge in [-0.15, -0.1) is 0 Å². The van der Waals surface area contributed by atoms with Crippen LogP contribution >= 0.6 is 0 Å². The van der Waals surface area contributed by atoms with Crippen LogP contribution in [0.5, 0.6) is 5.75 Å². The Balaban J connectivity index is 2.40. The zero-order chi connectivity index (χ0) is 15.6. The minimum atomic E-state index is -3.52. The Morgan fingerprint density at radius 3 is 2.48 bits per heavy atom. The Hall–Kier alpha value is -1.11. The second kappa shape index (κ2) is 6.34. The van der Waals surface area contributed by atoms with Gasteiger partial charge in [0.25, 0.3) is 0 Å². The van der Waals surface area contributed by atoms with Crippen molar-refractivity contribution in [1.29, 1.82) is 0 Å². The number of nitrogens with zero attached hydrogens (tertiary/aromatic N) is 1.